The van der Waals surface area contributed by atoms with E-state index in [1.165, 1.54) is 0 Å². The topological polar surface area (TPSA) is 76.9 Å². The molecule has 90 valence electrons. The molecule has 0 saturated carbocycles. The van der Waals surface area contributed by atoms with Crippen LogP contribution in [0, 0.1) is 12.3 Å². The van der Waals surface area contributed by atoms with E-state index in [1.54, 1.807) is 11.7 Å². The van der Waals surface area contributed by atoms with Crippen LogP contribution in [-0.2, 0) is 7.05 Å². The summed E-state index contributed by atoms with van der Waals surface area (Å²) in [6.45, 7) is 4.62. The number of hydrogen-bond acceptors (Lipinski definition) is 3. The fourth-order valence-corrected chi connectivity index (χ4v) is 1.63. The van der Waals surface area contributed by atoms with Crippen LogP contribution in [-0.4, -0.2) is 22.2 Å². The second-order valence-electron chi connectivity index (χ2n) is 3.86. The third-order valence-electron chi connectivity index (χ3n) is 2.43. The molecule has 0 atom stereocenters. The van der Waals surface area contributed by atoms with E-state index in [0.717, 1.165) is 25.0 Å². The zero-order chi connectivity index (χ0) is 12.1. The molecule has 3 N–H and O–H groups in total. The minimum absolute atomic E-state index is 0.0103. The average Bonchev–Trinajstić information content (AvgIpc) is 2.48. The number of aromatic nitrogens is 2. The van der Waals surface area contributed by atoms with Crippen LogP contribution in [0.2, 0.25) is 0 Å². The number of nitrogens with one attached hydrogen (secondary N) is 1. The number of aryl methyl sites for hydroxylation is 2. The molecule has 1 rings (SSSR count). The van der Waals surface area contributed by atoms with Gasteiger partial charge in [-0.2, -0.15) is 5.10 Å². The quantitative estimate of drug-likeness (QED) is 0.437. The van der Waals surface area contributed by atoms with Crippen LogP contribution in [0.15, 0.2) is 0 Å². The van der Waals surface area contributed by atoms with Gasteiger partial charge in [-0.15, -0.1) is 0 Å². The lowest BCUT2D eigenvalue weighted by Gasteiger charge is -2.07. The third-order valence-corrected chi connectivity index (χ3v) is 2.43. The molecule has 5 heteroatoms. The lowest BCUT2D eigenvalue weighted by atomic mass is 10.2. The molecule has 0 aliphatic carbocycles. The molecule has 16 heavy (non-hydrogen) atoms. The minimum Gasteiger partial charge on any atom is -0.477 e. The normalized spacial score (nSPS) is 10.4. The number of nitrogens with two attached hydrogens (primary N) is 1. The summed E-state index contributed by atoms with van der Waals surface area (Å²) in [4.78, 5) is 0. The highest BCUT2D eigenvalue weighted by Crippen LogP contribution is 2.20. The molecule has 0 spiro atoms. The number of ether oxygens (including phenoxy) is 1. The molecule has 0 radical (unpaired) electrons. The number of unbranched alkanes of at least 4 members (excludes halogenated alkanes) is 2. The number of nitrogens with zero attached hydrogens (tertiary/aromatic N) is 2. The summed E-state index contributed by atoms with van der Waals surface area (Å²) in [7, 11) is 1.80. The highest BCUT2D eigenvalue weighted by molar-refractivity contribution is 5.98. The molecule has 0 aliphatic heterocycles. The molecular weight excluding hydrogens is 204 g/mol. The van der Waals surface area contributed by atoms with Crippen LogP contribution >= 0.6 is 0 Å². The Hall–Kier alpha value is -1.52. The molecule has 1 heterocycles. The average molecular weight is 224 g/mol. The number of rotatable bonds is 6. The summed E-state index contributed by atoms with van der Waals surface area (Å²) in [6.07, 6.45) is 3.32. The first-order chi connectivity index (χ1) is 7.57. The summed E-state index contributed by atoms with van der Waals surface area (Å²) in [5.41, 5.74) is 6.86. The Morgan fingerprint density at radius 1 is 1.50 bits per heavy atom. The van der Waals surface area contributed by atoms with Gasteiger partial charge in [-0.25, -0.2) is 4.68 Å². The lowest BCUT2D eigenvalue weighted by molar-refractivity contribution is 0.280. The van der Waals surface area contributed by atoms with Crippen molar-refractivity contribution in [3.8, 4) is 5.88 Å². The Labute approximate surface area is 96.1 Å². The van der Waals surface area contributed by atoms with Crippen LogP contribution in [0.5, 0.6) is 5.88 Å². The summed E-state index contributed by atoms with van der Waals surface area (Å²) in [5, 5.41) is 11.7. The molecule has 0 bridgehead atoms. The molecule has 1 aromatic rings. The van der Waals surface area contributed by atoms with Gasteiger partial charge in [0.2, 0.25) is 5.88 Å². The summed E-state index contributed by atoms with van der Waals surface area (Å²) >= 11 is 0. The van der Waals surface area contributed by atoms with Crippen LogP contribution in [0.25, 0.3) is 0 Å². The Bertz CT molecular complexity index is 370. The Balaban J connectivity index is 2.74. The highest BCUT2D eigenvalue weighted by Gasteiger charge is 2.16. The van der Waals surface area contributed by atoms with Crippen molar-refractivity contribution in [3.05, 3.63) is 11.3 Å². The van der Waals surface area contributed by atoms with E-state index in [1.807, 2.05) is 6.92 Å². The molecule has 5 nitrogen and oxygen atoms in total. The van der Waals surface area contributed by atoms with Crippen LogP contribution in [0.3, 0.4) is 0 Å². The van der Waals surface area contributed by atoms with Crippen molar-refractivity contribution in [2.45, 2.75) is 33.1 Å². The van der Waals surface area contributed by atoms with Crippen molar-refractivity contribution in [2.24, 2.45) is 12.8 Å². The van der Waals surface area contributed by atoms with Crippen LogP contribution in [0.1, 0.15) is 37.4 Å². The van der Waals surface area contributed by atoms with Crippen molar-refractivity contribution in [2.75, 3.05) is 6.61 Å². The second kappa shape index (κ2) is 5.53. The van der Waals surface area contributed by atoms with E-state index >= 15 is 0 Å². The largest absolute Gasteiger partial charge is 0.477 e. The molecule has 0 unspecified atom stereocenters. The molecule has 0 saturated heterocycles. The van der Waals surface area contributed by atoms with Crippen molar-refractivity contribution in [1.82, 2.24) is 9.78 Å². The fourth-order valence-electron chi connectivity index (χ4n) is 1.63. The second-order valence-corrected chi connectivity index (χ2v) is 3.86. The Morgan fingerprint density at radius 3 is 2.75 bits per heavy atom. The summed E-state index contributed by atoms with van der Waals surface area (Å²) in [6, 6.07) is 0. The monoisotopic (exact) mass is 224 g/mol. The first-order valence-electron chi connectivity index (χ1n) is 5.58. The van der Waals surface area contributed by atoms with Crippen molar-refractivity contribution >= 4 is 5.84 Å². The van der Waals surface area contributed by atoms with Gasteiger partial charge in [0.25, 0.3) is 0 Å². The van der Waals surface area contributed by atoms with E-state index in [2.05, 4.69) is 12.0 Å². The van der Waals surface area contributed by atoms with E-state index < -0.39 is 0 Å². The first kappa shape index (κ1) is 12.5. The van der Waals surface area contributed by atoms with Crippen LogP contribution < -0.4 is 10.5 Å². The highest BCUT2D eigenvalue weighted by atomic mass is 16.5. The molecular formula is C11H20N4O. The molecule has 0 fully saturated rings. The van der Waals surface area contributed by atoms with Gasteiger partial charge in [0.15, 0.2) is 0 Å². The van der Waals surface area contributed by atoms with Crippen LogP contribution in [0.4, 0.5) is 0 Å². The predicted molar refractivity (Wildman–Crippen MR) is 64.0 cm³/mol. The van der Waals surface area contributed by atoms with Gasteiger partial charge in [0, 0.05) is 7.05 Å². The van der Waals surface area contributed by atoms with Gasteiger partial charge in [-0.05, 0) is 13.3 Å². The molecule has 0 amide bonds. The molecule has 1 aromatic heterocycles. The van der Waals surface area contributed by atoms with E-state index in [0.29, 0.717) is 18.1 Å². The summed E-state index contributed by atoms with van der Waals surface area (Å²) in [5.74, 6) is 0.609. The number of amidine groups is 1. The maximum Gasteiger partial charge on any atom is 0.223 e. The van der Waals surface area contributed by atoms with Crippen molar-refractivity contribution < 1.29 is 4.74 Å². The first-order valence-corrected chi connectivity index (χ1v) is 5.58. The third kappa shape index (κ3) is 2.74. The minimum atomic E-state index is 0.0103. The van der Waals surface area contributed by atoms with E-state index in [-0.39, 0.29) is 5.84 Å². The fraction of sp³-hybridized carbons (Fsp3) is 0.636. The zero-order valence-corrected chi connectivity index (χ0v) is 10.2. The van der Waals surface area contributed by atoms with Crippen molar-refractivity contribution in [1.29, 1.82) is 5.41 Å². The molecule has 0 aromatic carbocycles. The van der Waals surface area contributed by atoms with Gasteiger partial charge >= 0.3 is 0 Å². The van der Waals surface area contributed by atoms with E-state index in [4.69, 9.17) is 15.9 Å². The van der Waals surface area contributed by atoms with Gasteiger partial charge in [0.1, 0.15) is 11.4 Å². The van der Waals surface area contributed by atoms with Crippen molar-refractivity contribution in [3.63, 3.8) is 0 Å². The SMILES string of the molecule is CCCCCOc1c(C(=N)N)c(C)nn1C. The number of hydrogen-bond donors (Lipinski definition) is 2. The summed E-state index contributed by atoms with van der Waals surface area (Å²) < 4.78 is 7.27. The van der Waals surface area contributed by atoms with E-state index in [9.17, 15) is 0 Å². The number of nitrogen functional groups attached to an aromatic ring is 1. The predicted octanol–water partition coefficient (Wildman–Crippen LogP) is 1.58. The standard InChI is InChI=1S/C11H20N4O/c1-4-5-6-7-16-11-9(10(12)13)8(2)14-15(11)3/h4-7H2,1-3H3,(H3,12,13). The molecule has 0 aliphatic rings. The van der Waals surface area contributed by atoms with Gasteiger partial charge in [-0.1, -0.05) is 19.8 Å². The van der Waals surface area contributed by atoms with Gasteiger partial charge in [0.05, 0.1) is 12.3 Å². The van der Waals surface area contributed by atoms with Gasteiger partial charge in [-0.3, -0.25) is 5.41 Å². The maximum absolute atomic E-state index is 7.49. The maximum atomic E-state index is 7.49. The van der Waals surface area contributed by atoms with Gasteiger partial charge < -0.3 is 10.5 Å². The Morgan fingerprint density at radius 2 is 2.19 bits per heavy atom. The Kier molecular flexibility index (Phi) is 4.34. The lowest BCUT2D eigenvalue weighted by Crippen LogP contribution is -2.14. The zero-order valence-electron chi connectivity index (χ0n) is 10.2. The smallest absolute Gasteiger partial charge is 0.223 e.